The van der Waals surface area contributed by atoms with Gasteiger partial charge in [0.25, 0.3) is 0 Å². The van der Waals surface area contributed by atoms with Gasteiger partial charge in [-0.3, -0.25) is 0 Å². The molecule has 12 aromatic carbocycles. The van der Waals surface area contributed by atoms with Gasteiger partial charge in [-0.2, -0.15) is 0 Å². The summed E-state index contributed by atoms with van der Waals surface area (Å²) in [7, 11) is 0. The zero-order valence-corrected chi connectivity index (χ0v) is 43.3. The highest BCUT2D eigenvalue weighted by Gasteiger charge is 2.38. The van der Waals surface area contributed by atoms with Gasteiger partial charge in [-0.25, -0.2) is 0 Å². The molecule has 362 valence electrons. The van der Waals surface area contributed by atoms with E-state index in [2.05, 4.69) is 304 Å². The molecule has 2 aliphatic rings. The molecule has 76 heavy (non-hydrogen) atoms. The van der Waals surface area contributed by atoms with Gasteiger partial charge in [-0.15, -0.1) is 0 Å². The third-order valence-corrected chi connectivity index (χ3v) is 16.6. The fraction of sp³-hybridized carbons (Fsp3) is 0.0811. The normalized spacial score (nSPS) is 13.5. The molecule has 0 saturated carbocycles. The van der Waals surface area contributed by atoms with E-state index < -0.39 is 0 Å². The highest BCUT2D eigenvalue weighted by Crippen LogP contribution is 2.54. The maximum atomic E-state index is 2.41. The van der Waals surface area contributed by atoms with Crippen LogP contribution in [0, 0.1) is 0 Å². The molecule has 0 unspecified atom stereocenters. The van der Waals surface area contributed by atoms with Crippen molar-refractivity contribution in [2.24, 2.45) is 0 Å². The van der Waals surface area contributed by atoms with Crippen LogP contribution < -0.4 is 9.80 Å². The third-order valence-electron chi connectivity index (χ3n) is 16.6. The van der Waals surface area contributed by atoms with Crippen LogP contribution in [-0.4, -0.2) is 0 Å². The molecule has 0 atom stereocenters. The second kappa shape index (κ2) is 17.7. The van der Waals surface area contributed by atoms with E-state index in [-0.39, 0.29) is 10.8 Å². The van der Waals surface area contributed by atoms with Gasteiger partial charge in [0.2, 0.25) is 0 Å². The van der Waals surface area contributed by atoms with E-state index in [1.54, 1.807) is 0 Å². The molecule has 12 aromatic rings. The van der Waals surface area contributed by atoms with Crippen molar-refractivity contribution in [1.29, 1.82) is 0 Å². The SMILES string of the molecule is CC1(C)c2ccccc2-c2ccc3cc(N(c4ccc(-c5ccc(N(c6cccc(-c7ccccc7)c6)c6ccc7c8c(ccc7c6)-c6ccccc6C8(C)C)cc5)cc4)c4cccc(-c5ccccc5)c4)ccc3c21. The minimum atomic E-state index is -0.0984. The lowest BCUT2D eigenvalue weighted by molar-refractivity contribution is 0.666. The van der Waals surface area contributed by atoms with Crippen molar-refractivity contribution in [2.75, 3.05) is 9.80 Å². The van der Waals surface area contributed by atoms with Crippen molar-refractivity contribution in [3.63, 3.8) is 0 Å². The molecule has 0 heterocycles. The van der Waals surface area contributed by atoms with Crippen LogP contribution in [0.15, 0.2) is 267 Å². The zero-order chi connectivity index (χ0) is 51.1. The maximum absolute atomic E-state index is 2.41. The smallest absolute Gasteiger partial charge is 0.0468 e. The van der Waals surface area contributed by atoms with E-state index in [0.29, 0.717) is 0 Å². The lowest BCUT2D eigenvalue weighted by Gasteiger charge is -2.28. The summed E-state index contributed by atoms with van der Waals surface area (Å²) >= 11 is 0. The van der Waals surface area contributed by atoms with Crippen molar-refractivity contribution in [2.45, 2.75) is 38.5 Å². The largest absolute Gasteiger partial charge is 0.310 e. The first-order valence-corrected chi connectivity index (χ1v) is 26.7. The summed E-state index contributed by atoms with van der Waals surface area (Å²) in [6.45, 7) is 9.49. The van der Waals surface area contributed by atoms with Gasteiger partial charge in [0.05, 0.1) is 0 Å². The molecule has 2 aliphatic carbocycles. The average Bonchev–Trinajstić information content (AvgIpc) is 4.04. The molecule has 0 aromatic heterocycles. The zero-order valence-electron chi connectivity index (χ0n) is 43.3. The summed E-state index contributed by atoms with van der Waals surface area (Å²) < 4.78 is 0. The van der Waals surface area contributed by atoms with Crippen LogP contribution in [-0.2, 0) is 10.8 Å². The maximum Gasteiger partial charge on any atom is 0.0468 e. The summed E-state index contributed by atoms with van der Waals surface area (Å²) in [6, 6.07) is 98.6. The Labute approximate surface area is 446 Å². The van der Waals surface area contributed by atoms with Crippen LogP contribution in [0.4, 0.5) is 34.1 Å². The summed E-state index contributed by atoms with van der Waals surface area (Å²) in [6.07, 6.45) is 0. The topological polar surface area (TPSA) is 6.48 Å². The molecular weight excluding hydrogens is 917 g/mol. The van der Waals surface area contributed by atoms with Gasteiger partial charge in [0, 0.05) is 45.0 Å². The molecule has 14 rings (SSSR count). The van der Waals surface area contributed by atoms with E-state index in [0.717, 1.165) is 45.3 Å². The number of rotatable bonds is 9. The summed E-state index contributed by atoms with van der Waals surface area (Å²) in [5, 5.41) is 5.09. The first-order valence-electron chi connectivity index (χ1n) is 26.7. The standard InChI is InChI=1S/C74H56N2/c1-73(2)69-27-13-11-25-65(69)67-41-33-55-47-61(39-43-63(55)71(67)73)75(59-23-15-21-53(45-59)49-17-7-5-8-18-49)57-35-29-51(30-36-57)52-31-37-58(38-32-52)76(60-24-16-22-54(46-60)50-19-9-6-10-20-50)62-40-44-64-56(48-62)34-42-68-66-26-12-14-28-70(66)74(3,4)72(64)68/h5-48H,1-4H3. The Hall–Kier alpha value is -9.24. The molecule has 0 N–H and O–H groups in total. The molecule has 0 amide bonds. The first-order chi connectivity index (χ1) is 37.2. The number of nitrogens with zero attached hydrogens (tertiary/aromatic N) is 2. The van der Waals surface area contributed by atoms with E-state index >= 15 is 0 Å². The van der Waals surface area contributed by atoms with Crippen LogP contribution in [0.5, 0.6) is 0 Å². The number of hydrogen-bond acceptors (Lipinski definition) is 2. The highest BCUT2D eigenvalue weighted by atomic mass is 15.1. The Balaban J connectivity index is 0.836. The van der Waals surface area contributed by atoms with Gasteiger partial charge >= 0.3 is 0 Å². The predicted molar refractivity (Wildman–Crippen MR) is 322 cm³/mol. The molecule has 0 aliphatic heterocycles. The van der Waals surface area contributed by atoms with Gasteiger partial charge in [-0.05, 0) is 172 Å². The lowest BCUT2D eigenvalue weighted by atomic mass is 9.80. The van der Waals surface area contributed by atoms with Crippen LogP contribution in [0.2, 0.25) is 0 Å². The van der Waals surface area contributed by atoms with Crippen molar-refractivity contribution < 1.29 is 0 Å². The Morgan fingerprint density at radius 1 is 0.237 bits per heavy atom. The van der Waals surface area contributed by atoms with Crippen molar-refractivity contribution in [3.05, 3.63) is 289 Å². The Morgan fingerprint density at radius 3 is 1.00 bits per heavy atom. The molecule has 2 nitrogen and oxygen atoms in total. The van der Waals surface area contributed by atoms with Crippen LogP contribution in [0.1, 0.15) is 49.9 Å². The number of hydrogen-bond donors (Lipinski definition) is 0. The number of anilines is 6. The molecule has 0 spiro atoms. The minimum Gasteiger partial charge on any atom is -0.310 e. The summed E-state index contributed by atoms with van der Waals surface area (Å²) in [5.74, 6) is 0. The molecule has 0 radical (unpaired) electrons. The predicted octanol–water partition coefficient (Wildman–Crippen LogP) is 20.5. The number of benzene rings is 12. The molecule has 0 saturated heterocycles. The fourth-order valence-electron chi connectivity index (χ4n) is 12.9. The van der Waals surface area contributed by atoms with E-state index in [1.807, 2.05) is 0 Å². The molecule has 2 heteroatoms. The van der Waals surface area contributed by atoms with Gasteiger partial charge < -0.3 is 9.80 Å². The van der Waals surface area contributed by atoms with Gasteiger partial charge in [0.1, 0.15) is 0 Å². The first kappa shape index (κ1) is 45.4. The van der Waals surface area contributed by atoms with Crippen LogP contribution in [0.3, 0.4) is 0 Å². The van der Waals surface area contributed by atoms with Gasteiger partial charge in [-0.1, -0.05) is 222 Å². The second-order valence-corrected chi connectivity index (χ2v) is 21.7. The molecular formula is C74H56N2. The Bertz CT molecular complexity index is 3930. The Kier molecular flexibility index (Phi) is 10.6. The second-order valence-electron chi connectivity index (χ2n) is 21.7. The van der Waals surface area contributed by atoms with E-state index in [1.165, 1.54) is 88.3 Å². The van der Waals surface area contributed by atoms with E-state index in [4.69, 9.17) is 0 Å². The van der Waals surface area contributed by atoms with Crippen LogP contribution >= 0.6 is 0 Å². The quantitative estimate of drug-likeness (QED) is 0.142. The highest BCUT2D eigenvalue weighted by molar-refractivity contribution is 6.01. The number of fused-ring (bicyclic) bond motifs is 10. The fourth-order valence-corrected chi connectivity index (χ4v) is 12.9. The Morgan fingerprint density at radius 2 is 0.579 bits per heavy atom. The summed E-state index contributed by atoms with van der Waals surface area (Å²) in [5.41, 5.74) is 24.5. The van der Waals surface area contributed by atoms with Gasteiger partial charge in [0.15, 0.2) is 0 Å². The average molecular weight is 973 g/mol. The molecule has 0 fully saturated rings. The van der Waals surface area contributed by atoms with Crippen molar-refractivity contribution in [3.8, 4) is 55.6 Å². The van der Waals surface area contributed by atoms with Crippen LogP contribution in [0.25, 0.3) is 77.2 Å². The lowest BCUT2D eigenvalue weighted by Crippen LogP contribution is -2.15. The summed E-state index contributed by atoms with van der Waals surface area (Å²) in [4.78, 5) is 4.82. The minimum absolute atomic E-state index is 0.0984. The van der Waals surface area contributed by atoms with E-state index in [9.17, 15) is 0 Å². The third kappa shape index (κ3) is 7.39. The van der Waals surface area contributed by atoms with Crippen molar-refractivity contribution in [1.82, 2.24) is 0 Å². The van der Waals surface area contributed by atoms with Crippen molar-refractivity contribution >= 4 is 55.7 Å². The molecule has 0 bridgehead atoms. The monoisotopic (exact) mass is 972 g/mol.